The zero-order valence-corrected chi connectivity index (χ0v) is 15.7. The van der Waals surface area contributed by atoms with Crippen LogP contribution in [-0.4, -0.2) is 31.0 Å². The summed E-state index contributed by atoms with van der Waals surface area (Å²) >= 11 is 0. The molecule has 0 amide bonds. The average Bonchev–Trinajstić information content (AvgIpc) is 3.50. The van der Waals surface area contributed by atoms with Crippen molar-refractivity contribution >= 4 is 17.6 Å². The molecule has 0 aromatic carbocycles. The van der Waals surface area contributed by atoms with Crippen LogP contribution in [0.25, 0.3) is 11.3 Å². The van der Waals surface area contributed by atoms with Gasteiger partial charge in [-0.1, -0.05) is 0 Å². The van der Waals surface area contributed by atoms with Gasteiger partial charge in [0.25, 0.3) is 0 Å². The summed E-state index contributed by atoms with van der Waals surface area (Å²) in [5.41, 5.74) is 3.82. The van der Waals surface area contributed by atoms with E-state index in [1.54, 1.807) is 18.6 Å². The minimum absolute atomic E-state index is 0.523. The van der Waals surface area contributed by atoms with E-state index in [2.05, 4.69) is 25.6 Å². The molecule has 0 bridgehead atoms. The van der Waals surface area contributed by atoms with Crippen molar-refractivity contribution < 1.29 is 0 Å². The van der Waals surface area contributed by atoms with Gasteiger partial charge in [-0.15, -0.1) is 0 Å². The molecule has 142 valence electrons. The summed E-state index contributed by atoms with van der Waals surface area (Å²) in [4.78, 5) is 22.5. The Hall–Kier alpha value is -3.09. The van der Waals surface area contributed by atoms with Crippen LogP contribution in [0.15, 0.2) is 43.0 Å². The summed E-state index contributed by atoms with van der Waals surface area (Å²) in [6.07, 6.45) is 14.4. The van der Waals surface area contributed by atoms with Gasteiger partial charge in [0.05, 0.1) is 11.4 Å². The highest BCUT2D eigenvalue weighted by molar-refractivity contribution is 5.64. The number of pyridine rings is 1. The number of anilines is 3. The van der Waals surface area contributed by atoms with Gasteiger partial charge in [-0.3, -0.25) is 4.98 Å². The third kappa shape index (κ3) is 3.93. The summed E-state index contributed by atoms with van der Waals surface area (Å²) in [6, 6.07) is 6.22. The van der Waals surface area contributed by atoms with E-state index >= 15 is 0 Å². The predicted molar refractivity (Wildman–Crippen MR) is 108 cm³/mol. The van der Waals surface area contributed by atoms with E-state index < -0.39 is 0 Å². The molecule has 2 fully saturated rings. The minimum atomic E-state index is 0.523. The van der Waals surface area contributed by atoms with Gasteiger partial charge in [-0.2, -0.15) is 0 Å². The molecule has 2 aliphatic carbocycles. The molecule has 2 aliphatic rings. The third-order valence-corrected chi connectivity index (χ3v) is 5.35. The van der Waals surface area contributed by atoms with Crippen LogP contribution in [0.3, 0.4) is 0 Å². The van der Waals surface area contributed by atoms with E-state index in [-0.39, 0.29) is 0 Å². The maximum atomic E-state index is 4.85. The zero-order chi connectivity index (χ0) is 18.8. The maximum Gasteiger partial charge on any atom is 0.227 e. The lowest BCUT2D eigenvalue weighted by atomic mass is 9.93. The van der Waals surface area contributed by atoms with Gasteiger partial charge in [0.15, 0.2) is 0 Å². The third-order valence-electron chi connectivity index (χ3n) is 5.35. The molecule has 3 heterocycles. The van der Waals surface area contributed by atoms with E-state index in [1.165, 1.54) is 32.1 Å². The Bertz CT molecular complexity index is 952. The summed E-state index contributed by atoms with van der Waals surface area (Å²) in [6.45, 7) is 0. The van der Waals surface area contributed by atoms with Crippen LogP contribution in [0.1, 0.15) is 37.8 Å². The topological polar surface area (TPSA) is 88.5 Å². The first-order valence-electron chi connectivity index (χ1n) is 9.96. The lowest BCUT2D eigenvalue weighted by molar-refractivity contribution is 0.443. The molecule has 7 heteroatoms. The average molecular weight is 373 g/mol. The van der Waals surface area contributed by atoms with E-state index in [0.717, 1.165) is 40.9 Å². The van der Waals surface area contributed by atoms with Gasteiger partial charge in [0, 0.05) is 42.1 Å². The van der Waals surface area contributed by atoms with Crippen LogP contribution in [0.5, 0.6) is 0 Å². The van der Waals surface area contributed by atoms with Gasteiger partial charge < -0.3 is 10.6 Å². The van der Waals surface area contributed by atoms with Gasteiger partial charge in [-0.05, 0) is 62.6 Å². The summed E-state index contributed by atoms with van der Waals surface area (Å²) in [7, 11) is 0. The second-order valence-corrected chi connectivity index (χ2v) is 7.60. The summed E-state index contributed by atoms with van der Waals surface area (Å²) in [5.74, 6) is 2.03. The maximum absolute atomic E-state index is 4.85. The molecule has 3 aromatic heterocycles. The van der Waals surface area contributed by atoms with E-state index in [0.29, 0.717) is 12.0 Å². The second-order valence-electron chi connectivity index (χ2n) is 7.60. The Labute approximate surface area is 164 Å². The molecule has 2 N–H and O–H groups in total. The van der Waals surface area contributed by atoms with Crippen molar-refractivity contribution in [1.29, 1.82) is 0 Å². The van der Waals surface area contributed by atoms with Crippen LogP contribution in [-0.2, 0) is 6.42 Å². The summed E-state index contributed by atoms with van der Waals surface area (Å²) < 4.78 is 0. The second kappa shape index (κ2) is 7.50. The van der Waals surface area contributed by atoms with E-state index in [4.69, 9.17) is 9.97 Å². The number of hydrogen-bond donors (Lipinski definition) is 2. The molecule has 0 unspecified atom stereocenters. The first-order chi connectivity index (χ1) is 13.8. The van der Waals surface area contributed by atoms with E-state index in [1.807, 2.05) is 24.4 Å². The van der Waals surface area contributed by atoms with Crippen LogP contribution in [0, 0.1) is 5.92 Å². The Morgan fingerprint density at radius 3 is 2.50 bits per heavy atom. The fraction of sp³-hybridized carbons (Fsp3) is 0.381. The minimum Gasteiger partial charge on any atom is -0.351 e. The molecule has 7 nitrogen and oxygen atoms in total. The molecule has 0 spiro atoms. The van der Waals surface area contributed by atoms with Crippen LogP contribution in [0.4, 0.5) is 17.6 Å². The predicted octanol–water partition coefficient (Wildman–Crippen LogP) is 3.99. The Morgan fingerprint density at radius 1 is 0.893 bits per heavy atom. The molecule has 3 aromatic rings. The molecule has 0 atom stereocenters. The molecular formula is C21H23N7. The summed E-state index contributed by atoms with van der Waals surface area (Å²) in [5, 5.41) is 6.69. The Kier molecular flexibility index (Phi) is 4.56. The molecule has 0 aliphatic heterocycles. The molecule has 2 saturated carbocycles. The van der Waals surface area contributed by atoms with Crippen molar-refractivity contribution in [2.75, 3.05) is 10.6 Å². The van der Waals surface area contributed by atoms with Crippen LogP contribution in [0.2, 0.25) is 0 Å². The molecule has 0 radical (unpaired) electrons. The first-order valence-corrected chi connectivity index (χ1v) is 9.96. The number of rotatable bonds is 7. The number of hydrogen-bond acceptors (Lipinski definition) is 7. The van der Waals surface area contributed by atoms with Crippen LogP contribution >= 0.6 is 0 Å². The molecule has 0 saturated heterocycles. The largest absolute Gasteiger partial charge is 0.351 e. The van der Waals surface area contributed by atoms with E-state index in [9.17, 15) is 0 Å². The zero-order valence-electron chi connectivity index (χ0n) is 15.7. The Balaban J connectivity index is 1.43. The quantitative estimate of drug-likeness (QED) is 0.647. The van der Waals surface area contributed by atoms with Crippen molar-refractivity contribution in [2.45, 2.75) is 44.6 Å². The Morgan fingerprint density at radius 2 is 1.75 bits per heavy atom. The highest BCUT2D eigenvalue weighted by Crippen LogP contribution is 2.35. The van der Waals surface area contributed by atoms with Crippen molar-refractivity contribution in [3.05, 3.63) is 48.7 Å². The van der Waals surface area contributed by atoms with Crippen molar-refractivity contribution in [3.63, 3.8) is 0 Å². The smallest absolute Gasteiger partial charge is 0.227 e. The van der Waals surface area contributed by atoms with Crippen molar-refractivity contribution in [1.82, 2.24) is 24.9 Å². The van der Waals surface area contributed by atoms with Crippen LogP contribution < -0.4 is 10.6 Å². The van der Waals surface area contributed by atoms with Crippen molar-refractivity contribution in [2.24, 2.45) is 5.92 Å². The van der Waals surface area contributed by atoms with Gasteiger partial charge in [0.1, 0.15) is 0 Å². The lowest BCUT2D eigenvalue weighted by Gasteiger charge is -2.26. The molecular weight excluding hydrogens is 350 g/mol. The number of nitrogens with zero attached hydrogens (tertiary/aromatic N) is 5. The number of nitrogens with one attached hydrogen (secondary N) is 2. The van der Waals surface area contributed by atoms with Gasteiger partial charge in [-0.25, -0.2) is 19.9 Å². The normalized spacial score (nSPS) is 16.4. The highest BCUT2D eigenvalue weighted by Gasteiger charge is 2.25. The first kappa shape index (κ1) is 17.0. The highest BCUT2D eigenvalue weighted by atomic mass is 15.1. The fourth-order valence-electron chi connectivity index (χ4n) is 3.32. The van der Waals surface area contributed by atoms with Crippen molar-refractivity contribution in [3.8, 4) is 11.3 Å². The lowest BCUT2D eigenvalue weighted by Crippen LogP contribution is -2.28. The fourth-order valence-corrected chi connectivity index (χ4v) is 3.32. The number of aromatic nitrogens is 5. The SMILES string of the molecule is c1cc(Nc2nccc(-c3cnc(NC4CCC4)nc3CC3CC3)n2)ccn1. The molecule has 5 rings (SSSR count). The van der Waals surface area contributed by atoms with Gasteiger partial charge in [0.2, 0.25) is 11.9 Å². The standard InChI is InChI=1S/C21H23N7/c1-2-15(3-1)25-21-24-13-17(19(28-21)12-14-4-5-14)18-8-11-23-20(27-18)26-16-6-9-22-10-7-16/h6-11,13-15H,1-5,12H2,(H,24,25,28)(H,22,23,26,27). The monoisotopic (exact) mass is 373 g/mol. The molecule has 28 heavy (non-hydrogen) atoms. The van der Waals surface area contributed by atoms with Gasteiger partial charge >= 0.3 is 0 Å².